The van der Waals surface area contributed by atoms with Crippen LogP contribution in [0.5, 0.6) is 0 Å². The Morgan fingerprint density at radius 3 is 2.39 bits per heavy atom. The minimum atomic E-state index is -2.09. The first-order valence-corrected chi connectivity index (χ1v) is 19.3. The Morgan fingerprint density at radius 1 is 0.939 bits per heavy atom. The average Bonchev–Trinajstić information content (AvgIpc) is 3.08. The number of nitrogens with zero attached hydrogens (tertiary/aromatic N) is 3. The van der Waals surface area contributed by atoms with Crippen LogP contribution in [0.3, 0.4) is 0 Å². The van der Waals surface area contributed by atoms with Crippen molar-refractivity contribution in [2.75, 3.05) is 0 Å². The third kappa shape index (κ3) is 2.69. The van der Waals surface area contributed by atoms with Gasteiger partial charge in [0.25, 0.3) is 0 Å². The van der Waals surface area contributed by atoms with E-state index in [0.717, 1.165) is 5.52 Å². The normalized spacial score (nSPS) is 13.1. The van der Waals surface area contributed by atoms with E-state index in [1.807, 2.05) is 6.33 Å². The van der Waals surface area contributed by atoms with Gasteiger partial charge in [0.05, 0.1) is 0 Å². The zero-order valence-electron chi connectivity index (χ0n) is 21.0. The van der Waals surface area contributed by atoms with Gasteiger partial charge >= 0.3 is 198 Å². The quantitative estimate of drug-likeness (QED) is 0.116. The SMILES string of the molecule is Cc1cc2c3c(C(C)C)cccc3n3c4c[c]([Ge]([CH3])([CH3])[CH3])cc5nc[n+](C)c(c(c1C)c23)c54. The molecule has 33 heavy (non-hydrogen) atoms. The van der Waals surface area contributed by atoms with E-state index in [0.29, 0.717) is 5.92 Å². The summed E-state index contributed by atoms with van der Waals surface area (Å²) in [6, 6.07) is 14.2. The summed E-state index contributed by atoms with van der Waals surface area (Å²) >= 11 is -2.09. The summed E-state index contributed by atoms with van der Waals surface area (Å²) in [6.07, 6.45) is 2.01. The second-order valence-corrected chi connectivity index (χ2v) is 21.8. The molecule has 3 aromatic carbocycles. The molecule has 166 valence electrons. The first-order chi connectivity index (χ1) is 15.6. The second-order valence-electron chi connectivity index (χ2n) is 11.2. The van der Waals surface area contributed by atoms with Gasteiger partial charge in [-0.25, -0.2) is 0 Å². The Hall–Kier alpha value is -2.66. The van der Waals surface area contributed by atoms with Crippen molar-refractivity contribution in [1.82, 2.24) is 9.38 Å². The van der Waals surface area contributed by atoms with Crippen molar-refractivity contribution in [3.63, 3.8) is 0 Å². The molecule has 0 amide bonds. The number of fused-ring (bicyclic) bond motifs is 5. The van der Waals surface area contributed by atoms with E-state index in [1.165, 1.54) is 64.7 Å². The molecule has 3 nitrogen and oxygen atoms in total. The molecule has 0 saturated heterocycles. The minimum absolute atomic E-state index is 0.467. The molecule has 0 aliphatic heterocycles. The molecular formula is C29H32GeN3+. The molecule has 4 heteroatoms. The second kappa shape index (κ2) is 6.69. The van der Waals surface area contributed by atoms with Gasteiger partial charge in [-0.15, -0.1) is 0 Å². The van der Waals surface area contributed by atoms with Crippen LogP contribution >= 0.6 is 0 Å². The van der Waals surface area contributed by atoms with Crippen molar-refractivity contribution in [2.24, 2.45) is 7.05 Å². The number of hydrogen-bond acceptors (Lipinski definition) is 1. The van der Waals surface area contributed by atoms with Crippen LogP contribution in [0.15, 0.2) is 42.7 Å². The molecule has 0 fully saturated rings. The summed E-state index contributed by atoms with van der Waals surface area (Å²) in [4.78, 5) is 4.94. The van der Waals surface area contributed by atoms with Gasteiger partial charge in [-0.3, -0.25) is 0 Å². The number of aromatic nitrogens is 3. The summed E-state index contributed by atoms with van der Waals surface area (Å²) in [7, 11) is 2.15. The van der Waals surface area contributed by atoms with E-state index in [-0.39, 0.29) is 0 Å². The van der Waals surface area contributed by atoms with E-state index in [4.69, 9.17) is 4.98 Å². The molecule has 0 radical (unpaired) electrons. The average molecular weight is 495 g/mol. The van der Waals surface area contributed by atoms with Gasteiger partial charge in [-0.05, 0) is 0 Å². The van der Waals surface area contributed by atoms with Crippen LogP contribution in [0.2, 0.25) is 17.3 Å². The molecular weight excluding hydrogens is 463 g/mol. The molecule has 3 heterocycles. The third-order valence-corrected chi connectivity index (χ3v) is 11.9. The molecule has 0 bridgehead atoms. The molecule has 3 aromatic heterocycles. The van der Waals surface area contributed by atoms with Crippen molar-refractivity contribution in [3.05, 3.63) is 59.4 Å². The number of benzene rings is 3. The maximum absolute atomic E-state index is 4.94. The van der Waals surface area contributed by atoms with Gasteiger partial charge in [-0.1, -0.05) is 0 Å². The molecule has 0 atom stereocenters. The predicted molar refractivity (Wildman–Crippen MR) is 144 cm³/mol. The first-order valence-electron chi connectivity index (χ1n) is 12.0. The first kappa shape index (κ1) is 20.9. The Morgan fingerprint density at radius 2 is 1.70 bits per heavy atom. The molecule has 6 aromatic rings. The molecule has 0 aliphatic rings. The predicted octanol–water partition coefficient (Wildman–Crippen LogP) is 6.49. The summed E-state index contributed by atoms with van der Waals surface area (Å²) in [5.74, 6) is 7.89. The van der Waals surface area contributed by atoms with Crippen molar-refractivity contribution in [3.8, 4) is 0 Å². The van der Waals surface area contributed by atoms with Crippen molar-refractivity contribution < 1.29 is 4.57 Å². The molecule has 0 N–H and O–H groups in total. The Balaban J connectivity index is 2.07. The van der Waals surface area contributed by atoms with E-state index in [1.54, 1.807) is 0 Å². The van der Waals surface area contributed by atoms with Crippen LogP contribution in [-0.4, -0.2) is 22.7 Å². The van der Waals surface area contributed by atoms with E-state index in [2.05, 4.69) is 97.4 Å². The van der Waals surface area contributed by atoms with Gasteiger partial charge in [0.15, 0.2) is 0 Å². The molecule has 0 spiro atoms. The number of pyridine rings is 1. The zero-order valence-corrected chi connectivity index (χ0v) is 23.1. The Bertz CT molecular complexity index is 1750. The van der Waals surface area contributed by atoms with Crippen LogP contribution in [0, 0.1) is 13.8 Å². The third-order valence-electron chi connectivity index (χ3n) is 7.65. The van der Waals surface area contributed by atoms with Crippen LogP contribution in [0.25, 0.3) is 49.1 Å². The summed E-state index contributed by atoms with van der Waals surface area (Å²) in [6.45, 7) is 9.16. The molecule has 0 unspecified atom stereocenters. The van der Waals surface area contributed by atoms with Gasteiger partial charge in [0.1, 0.15) is 0 Å². The van der Waals surface area contributed by atoms with E-state index >= 15 is 0 Å². The monoisotopic (exact) mass is 496 g/mol. The number of hydrogen-bond donors (Lipinski definition) is 0. The topological polar surface area (TPSA) is 21.2 Å². The number of rotatable bonds is 2. The molecule has 0 aliphatic carbocycles. The zero-order chi connectivity index (χ0) is 23.4. The summed E-state index contributed by atoms with van der Waals surface area (Å²) in [5, 5.41) is 5.44. The van der Waals surface area contributed by atoms with Crippen LogP contribution < -0.4 is 8.96 Å². The van der Waals surface area contributed by atoms with E-state index in [9.17, 15) is 0 Å². The van der Waals surface area contributed by atoms with Gasteiger partial charge in [0, 0.05) is 0 Å². The van der Waals surface area contributed by atoms with Crippen LogP contribution in [0.4, 0.5) is 0 Å². The van der Waals surface area contributed by atoms with Gasteiger partial charge < -0.3 is 0 Å². The fourth-order valence-electron chi connectivity index (χ4n) is 5.75. The Labute approximate surface area is 197 Å². The molecule has 6 rings (SSSR count). The summed E-state index contributed by atoms with van der Waals surface area (Å²) in [5.41, 5.74) is 10.6. The van der Waals surface area contributed by atoms with Crippen LogP contribution in [-0.2, 0) is 7.05 Å². The Kier molecular flexibility index (Phi) is 4.24. The summed E-state index contributed by atoms with van der Waals surface area (Å²) < 4.78 is 6.30. The fraction of sp³-hybridized carbons (Fsp3) is 0.310. The standard InChI is InChI=1S/C29H32GeN3/c1-16(2)20-10-9-11-23-26(20)21-12-17(3)18(4)25-28(21)33(23)24-14-19(30(5,6)7)13-22-27(24)29(25)32(8)15-31-22/h9-16H,1-8H3/q+1. The van der Waals surface area contributed by atoms with Gasteiger partial charge in [-0.2, -0.15) is 0 Å². The van der Waals surface area contributed by atoms with Crippen LogP contribution in [0.1, 0.15) is 36.5 Å². The maximum atomic E-state index is 4.94. The van der Waals surface area contributed by atoms with Crippen molar-refractivity contribution in [1.29, 1.82) is 0 Å². The van der Waals surface area contributed by atoms with Crippen molar-refractivity contribution in [2.45, 2.75) is 50.9 Å². The number of aryl methyl sites for hydroxylation is 3. The van der Waals surface area contributed by atoms with Gasteiger partial charge in [0.2, 0.25) is 0 Å². The van der Waals surface area contributed by atoms with Crippen molar-refractivity contribution >= 4 is 66.8 Å². The van der Waals surface area contributed by atoms with E-state index < -0.39 is 13.3 Å². The fourth-order valence-corrected chi connectivity index (χ4v) is 8.14. The molecule has 0 saturated carbocycles.